The van der Waals surface area contributed by atoms with E-state index in [2.05, 4.69) is 15.7 Å². The summed E-state index contributed by atoms with van der Waals surface area (Å²) in [4.78, 5) is 25.3. The maximum absolute atomic E-state index is 12.9. The van der Waals surface area contributed by atoms with Crippen LogP contribution in [0.4, 0.5) is 5.69 Å². The highest BCUT2D eigenvalue weighted by molar-refractivity contribution is 6.11. The molecular formula is C21H25N5O3. The Hall–Kier alpha value is -3.39. The van der Waals surface area contributed by atoms with Crippen LogP contribution in [0.5, 0.6) is 5.75 Å². The largest absolute Gasteiger partial charge is 0.496 e. The van der Waals surface area contributed by atoms with Gasteiger partial charge in [-0.15, -0.1) is 0 Å². The lowest BCUT2D eigenvalue weighted by Crippen LogP contribution is -2.26. The van der Waals surface area contributed by atoms with Crippen LogP contribution in [0, 0.1) is 0 Å². The van der Waals surface area contributed by atoms with E-state index in [-0.39, 0.29) is 11.8 Å². The van der Waals surface area contributed by atoms with Gasteiger partial charge in [-0.2, -0.15) is 5.10 Å². The van der Waals surface area contributed by atoms with Gasteiger partial charge in [-0.1, -0.05) is 18.2 Å². The number of nitrogens with zero attached hydrogens (tertiary/aromatic N) is 2. The molecule has 2 aromatic carbocycles. The fourth-order valence-electron chi connectivity index (χ4n) is 3.09. The van der Waals surface area contributed by atoms with Gasteiger partial charge < -0.3 is 21.1 Å². The molecule has 0 aliphatic carbocycles. The topological polar surface area (TPSA) is 111 Å². The maximum Gasteiger partial charge on any atom is 0.276 e. The van der Waals surface area contributed by atoms with Gasteiger partial charge in [0.05, 0.1) is 18.2 Å². The predicted molar refractivity (Wildman–Crippen MR) is 112 cm³/mol. The van der Waals surface area contributed by atoms with Crippen LogP contribution >= 0.6 is 0 Å². The Morgan fingerprint density at radius 2 is 1.97 bits per heavy atom. The highest BCUT2D eigenvalue weighted by Gasteiger charge is 2.18. The van der Waals surface area contributed by atoms with Crippen LogP contribution in [-0.4, -0.2) is 41.8 Å². The molecule has 152 valence electrons. The zero-order valence-corrected chi connectivity index (χ0v) is 16.6. The van der Waals surface area contributed by atoms with E-state index < -0.39 is 0 Å². The first-order valence-electron chi connectivity index (χ1n) is 9.52. The van der Waals surface area contributed by atoms with Gasteiger partial charge in [-0.3, -0.25) is 14.3 Å². The quantitative estimate of drug-likeness (QED) is 0.507. The Morgan fingerprint density at radius 3 is 2.69 bits per heavy atom. The van der Waals surface area contributed by atoms with Crippen LogP contribution in [0.2, 0.25) is 0 Å². The molecule has 4 N–H and O–H groups in total. The fraction of sp³-hybridized carbons (Fsp3) is 0.286. The van der Waals surface area contributed by atoms with E-state index in [4.69, 9.17) is 10.5 Å². The van der Waals surface area contributed by atoms with E-state index in [9.17, 15) is 9.59 Å². The zero-order chi connectivity index (χ0) is 20.8. The number of methoxy groups -OCH3 is 1. The van der Waals surface area contributed by atoms with Gasteiger partial charge in [0.1, 0.15) is 5.75 Å². The third-order valence-corrected chi connectivity index (χ3v) is 4.54. The summed E-state index contributed by atoms with van der Waals surface area (Å²) in [5, 5.41) is 10.8. The molecule has 0 bridgehead atoms. The van der Waals surface area contributed by atoms with Crippen LogP contribution in [-0.2, 0) is 6.54 Å². The molecule has 0 saturated carbocycles. The number of nitrogens with one attached hydrogen (secondary N) is 2. The van der Waals surface area contributed by atoms with Crippen molar-refractivity contribution in [3.63, 3.8) is 0 Å². The number of para-hydroxylation sites is 1. The average Bonchev–Trinajstić information content (AvgIpc) is 3.13. The van der Waals surface area contributed by atoms with Crippen molar-refractivity contribution >= 4 is 28.4 Å². The van der Waals surface area contributed by atoms with Crippen LogP contribution in [0.15, 0.2) is 42.5 Å². The highest BCUT2D eigenvalue weighted by Crippen LogP contribution is 2.24. The summed E-state index contributed by atoms with van der Waals surface area (Å²) in [5.74, 6) is -0.200. The maximum atomic E-state index is 12.9. The minimum atomic E-state index is -0.340. The molecule has 0 spiro atoms. The van der Waals surface area contributed by atoms with E-state index in [1.165, 1.54) is 7.11 Å². The van der Waals surface area contributed by atoms with Crippen LogP contribution < -0.4 is 21.1 Å². The van der Waals surface area contributed by atoms with Crippen molar-refractivity contribution < 1.29 is 14.3 Å². The first kappa shape index (κ1) is 20.3. The molecule has 1 heterocycles. The van der Waals surface area contributed by atoms with Gasteiger partial charge in [0.2, 0.25) is 0 Å². The first-order chi connectivity index (χ1) is 14.1. The molecule has 1 aromatic heterocycles. The zero-order valence-electron chi connectivity index (χ0n) is 16.6. The summed E-state index contributed by atoms with van der Waals surface area (Å²) in [6.45, 7) is 3.59. The second kappa shape index (κ2) is 9.20. The average molecular weight is 395 g/mol. The van der Waals surface area contributed by atoms with Crippen molar-refractivity contribution in [3.05, 3.63) is 53.7 Å². The number of rotatable bonds is 8. The molecule has 2 amide bonds. The van der Waals surface area contributed by atoms with Crippen LogP contribution in [0.25, 0.3) is 10.9 Å². The lowest BCUT2D eigenvalue weighted by molar-refractivity contribution is 0.0949. The van der Waals surface area contributed by atoms with Gasteiger partial charge in [-0.05, 0) is 44.2 Å². The minimum Gasteiger partial charge on any atom is -0.496 e. The number of amides is 2. The monoisotopic (exact) mass is 395 g/mol. The minimum absolute atomic E-state index is 0.285. The van der Waals surface area contributed by atoms with Crippen molar-refractivity contribution in [2.24, 2.45) is 5.73 Å². The number of hydrogen-bond acceptors (Lipinski definition) is 5. The van der Waals surface area contributed by atoms with Crippen LogP contribution in [0.1, 0.15) is 34.2 Å². The third kappa shape index (κ3) is 4.38. The number of aryl methyl sites for hydroxylation is 1. The number of benzene rings is 2. The molecule has 0 atom stereocenters. The molecule has 0 aliphatic heterocycles. The number of anilines is 1. The van der Waals surface area contributed by atoms with Crippen molar-refractivity contribution in [3.8, 4) is 5.75 Å². The Morgan fingerprint density at radius 1 is 1.17 bits per heavy atom. The van der Waals surface area contributed by atoms with E-state index in [0.29, 0.717) is 48.7 Å². The fourth-order valence-corrected chi connectivity index (χ4v) is 3.09. The van der Waals surface area contributed by atoms with Gasteiger partial charge in [0.15, 0.2) is 5.69 Å². The van der Waals surface area contributed by atoms with Gasteiger partial charge in [0.25, 0.3) is 11.8 Å². The van der Waals surface area contributed by atoms with E-state index in [1.807, 2.05) is 31.2 Å². The second-order valence-corrected chi connectivity index (χ2v) is 6.45. The molecular weight excluding hydrogens is 370 g/mol. The van der Waals surface area contributed by atoms with E-state index in [0.717, 1.165) is 10.9 Å². The van der Waals surface area contributed by atoms with Gasteiger partial charge in [-0.25, -0.2) is 0 Å². The molecule has 0 unspecified atom stereocenters. The summed E-state index contributed by atoms with van der Waals surface area (Å²) in [6, 6.07) is 12.5. The van der Waals surface area contributed by atoms with E-state index in [1.54, 1.807) is 22.9 Å². The number of carbonyl (C=O) groups is 2. The van der Waals surface area contributed by atoms with Crippen molar-refractivity contribution in [1.82, 2.24) is 15.1 Å². The molecule has 8 nitrogen and oxygen atoms in total. The molecule has 3 rings (SSSR count). The third-order valence-electron chi connectivity index (χ3n) is 4.54. The summed E-state index contributed by atoms with van der Waals surface area (Å²) in [6.07, 6.45) is 0.678. The number of nitrogens with two attached hydrogens (primary N) is 1. The number of ether oxygens (including phenoxy) is 1. The standard InChI is InChI=1S/C21H25N5O3/c1-3-26-17-8-5-4-7-15(17)19(25-26)21(28)24-14-9-10-18(29-2)16(13-14)20(27)23-12-6-11-22/h4-5,7-10,13H,3,6,11-12,22H2,1-2H3,(H,23,27)(H,24,28). The summed E-state index contributed by atoms with van der Waals surface area (Å²) in [5.41, 5.74) is 7.52. The number of fused-ring (bicyclic) bond motifs is 1. The molecule has 0 saturated heterocycles. The van der Waals surface area contributed by atoms with Crippen molar-refractivity contribution in [2.75, 3.05) is 25.5 Å². The molecule has 29 heavy (non-hydrogen) atoms. The second-order valence-electron chi connectivity index (χ2n) is 6.45. The number of aromatic nitrogens is 2. The van der Waals surface area contributed by atoms with Crippen molar-refractivity contribution in [2.45, 2.75) is 19.9 Å². The predicted octanol–water partition coefficient (Wildman–Crippen LogP) is 2.40. The lowest BCUT2D eigenvalue weighted by atomic mass is 10.1. The smallest absolute Gasteiger partial charge is 0.276 e. The molecule has 0 fully saturated rings. The molecule has 0 aliphatic rings. The number of carbonyl (C=O) groups excluding carboxylic acids is 2. The number of hydrogen-bond donors (Lipinski definition) is 3. The normalized spacial score (nSPS) is 10.7. The SMILES string of the molecule is CCn1nc(C(=O)Nc2ccc(OC)c(C(=O)NCCCN)c2)c2ccccc21. The van der Waals surface area contributed by atoms with Crippen molar-refractivity contribution in [1.29, 1.82) is 0 Å². The highest BCUT2D eigenvalue weighted by atomic mass is 16.5. The Balaban J connectivity index is 1.86. The molecule has 0 radical (unpaired) electrons. The van der Waals surface area contributed by atoms with Gasteiger partial charge in [0, 0.05) is 24.2 Å². The van der Waals surface area contributed by atoms with Gasteiger partial charge >= 0.3 is 0 Å². The summed E-state index contributed by atoms with van der Waals surface area (Å²) < 4.78 is 7.07. The Bertz CT molecular complexity index is 1030. The Kier molecular flexibility index (Phi) is 6.46. The summed E-state index contributed by atoms with van der Waals surface area (Å²) in [7, 11) is 1.49. The van der Waals surface area contributed by atoms with E-state index >= 15 is 0 Å². The van der Waals surface area contributed by atoms with Crippen LogP contribution in [0.3, 0.4) is 0 Å². The molecule has 8 heteroatoms. The first-order valence-corrected chi connectivity index (χ1v) is 9.52. The Labute approximate surface area is 169 Å². The lowest BCUT2D eigenvalue weighted by Gasteiger charge is -2.11. The molecule has 3 aromatic rings. The summed E-state index contributed by atoms with van der Waals surface area (Å²) >= 11 is 0.